The Morgan fingerprint density at radius 1 is 0.964 bits per heavy atom. The number of ether oxygens (including phenoxy) is 1. The molecule has 0 bridgehead atoms. The van der Waals surface area contributed by atoms with Crippen LogP contribution in [0.4, 0.5) is 0 Å². The molecular formula is C25H42O3. The molecule has 0 radical (unpaired) electrons. The summed E-state index contributed by atoms with van der Waals surface area (Å²) in [5.41, 5.74) is -0.258. The number of carbonyl (C=O) groups is 1. The van der Waals surface area contributed by atoms with Gasteiger partial charge in [-0.15, -0.1) is 0 Å². The number of rotatable bonds is 8. The van der Waals surface area contributed by atoms with E-state index in [0.29, 0.717) is 18.8 Å². The number of benzene rings is 1. The summed E-state index contributed by atoms with van der Waals surface area (Å²) in [6.07, 6.45) is 1.65. The van der Waals surface area contributed by atoms with Crippen molar-refractivity contribution >= 4 is 5.97 Å². The van der Waals surface area contributed by atoms with Gasteiger partial charge in [0.25, 0.3) is 0 Å². The molecule has 0 saturated carbocycles. The zero-order valence-corrected chi connectivity index (χ0v) is 19.5. The van der Waals surface area contributed by atoms with Crippen LogP contribution in [0.1, 0.15) is 93.1 Å². The number of hydrogen-bond acceptors (Lipinski definition) is 3. The van der Waals surface area contributed by atoms with E-state index in [1.165, 1.54) is 0 Å². The number of hydrogen-bond donors (Lipinski definition) is 1. The van der Waals surface area contributed by atoms with E-state index in [2.05, 4.69) is 55.4 Å². The van der Waals surface area contributed by atoms with Crippen molar-refractivity contribution in [3.63, 3.8) is 0 Å². The summed E-state index contributed by atoms with van der Waals surface area (Å²) in [6, 6.07) is 9.78. The minimum Gasteiger partial charge on any atom is -0.457 e. The summed E-state index contributed by atoms with van der Waals surface area (Å²) < 4.78 is 6.39. The van der Waals surface area contributed by atoms with Gasteiger partial charge in [-0.3, -0.25) is 4.79 Å². The normalized spacial score (nSPS) is 15.4. The number of esters is 1. The SMILES string of the molecule is CC(C)CC(O)CCC(OC(=O)C(C)c1ccccc1)(C(C)(C)C)C(C)(C)C. The van der Waals surface area contributed by atoms with E-state index in [4.69, 9.17) is 4.74 Å². The maximum atomic E-state index is 13.2. The highest BCUT2D eigenvalue weighted by molar-refractivity contribution is 5.78. The summed E-state index contributed by atoms with van der Waals surface area (Å²) in [4.78, 5) is 13.2. The summed E-state index contributed by atoms with van der Waals surface area (Å²) in [7, 11) is 0. The van der Waals surface area contributed by atoms with Crippen LogP contribution in [0.5, 0.6) is 0 Å². The molecule has 1 rings (SSSR count). The second-order valence-electron chi connectivity index (χ2n) is 10.7. The van der Waals surface area contributed by atoms with E-state index in [0.717, 1.165) is 12.0 Å². The van der Waals surface area contributed by atoms with Crippen LogP contribution in [0, 0.1) is 16.7 Å². The molecule has 28 heavy (non-hydrogen) atoms. The lowest BCUT2D eigenvalue weighted by atomic mass is 9.60. The predicted octanol–water partition coefficient (Wildman–Crippen LogP) is 6.35. The zero-order valence-electron chi connectivity index (χ0n) is 19.5. The first kappa shape index (κ1) is 24.7. The fraction of sp³-hybridized carbons (Fsp3) is 0.720. The topological polar surface area (TPSA) is 46.5 Å². The van der Waals surface area contributed by atoms with Gasteiger partial charge in [-0.2, -0.15) is 0 Å². The summed E-state index contributed by atoms with van der Waals surface area (Å²) >= 11 is 0. The highest BCUT2D eigenvalue weighted by atomic mass is 16.6. The molecule has 0 aliphatic heterocycles. The van der Waals surface area contributed by atoms with Crippen LogP contribution in [-0.4, -0.2) is 22.8 Å². The summed E-state index contributed by atoms with van der Waals surface area (Å²) in [6.45, 7) is 18.9. The van der Waals surface area contributed by atoms with Gasteiger partial charge in [0.15, 0.2) is 0 Å². The molecule has 1 N–H and O–H groups in total. The highest BCUT2D eigenvalue weighted by Crippen LogP contribution is 2.50. The number of aliphatic hydroxyl groups excluding tert-OH is 1. The van der Waals surface area contributed by atoms with Crippen LogP contribution >= 0.6 is 0 Å². The molecule has 0 aliphatic carbocycles. The Hall–Kier alpha value is -1.35. The van der Waals surface area contributed by atoms with Crippen LogP contribution in [0.25, 0.3) is 0 Å². The molecule has 0 aromatic heterocycles. The van der Waals surface area contributed by atoms with Crippen LogP contribution in [0.3, 0.4) is 0 Å². The molecule has 160 valence electrons. The van der Waals surface area contributed by atoms with E-state index in [1.807, 2.05) is 37.3 Å². The molecular weight excluding hydrogens is 348 g/mol. The van der Waals surface area contributed by atoms with E-state index < -0.39 is 5.60 Å². The van der Waals surface area contributed by atoms with Crippen LogP contribution in [0.15, 0.2) is 30.3 Å². The highest BCUT2D eigenvalue weighted by Gasteiger charge is 2.54. The van der Waals surface area contributed by atoms with E-state index >= 15 is 0 Å². The fourth-order valence-electron chi connectivity index (χ4n) is 4.40. The Kier molecular flexibility index (Phi) is 8.32. The maximum Gasteiger partial charge on any atom is 0.313 e. The van der Waals surface area contributed by atoms with Crippen molar-refractivity contribution in [2.24, 2.45) is 16.7 Å². The van der Waals surface area contributed by atoms with Crippen molar-refractivity contribution < 1.29 is 14.6 Å². The Bertz CT molecular complexity index is 591. The van der Waals surface area contributed by atoms with Gasteiger partial charge in [-0.25, -0.2) is 0 Å². The second kappa shape index (κ2) is 9.43. The van der Waals surface area contributed by atoms with Crippen molar-refractivity contribution in [1.29, 1.82) is 0 Å². The lowest BCUT2D eigenvalue weighted by molar-refractivity contribution is -0.203. The van der Waals surface area contributed by atoms with Gasteiger partial charge in [0, 0.05) is 10.8 Å². The number of aliphatic hydroxyl groups is 1. The standard InChI is InChI=1S/C25H42O3/c1-18(2)17-21(26)15-16-25(23(4,5)6,24(7,8)9)28-22(27)19(3)20-13-11-10-12-14-20/h10-14,18-19,21,26H,15-17H2,1-9H3. The first-order chi connectivity index (χ1) is 12.7. The quantitative estimate of drug-likeness (QED) is 0.526. The third kappa shape index (κ3) is 6.07. The molecule has 0 amide bonds. The molecule has 0 aliphatic rings. The maximum absolute atomic E-state index is 13.2. The predicted molar refractivity (Wildman–Crippen MR) is 117 cm³/mol. The summed E-state index contributed by atoms with van der Waals surface area (Å²) in [5, 5.41) is 10.5. The minimum atomic E-state index is -0.682. The van der Waals surface area contributed by atoms with E-state index in [1.54, 1.807) is 0 Å². The van der Waals surface area contributed by atoms with Crippen LogP contribution in [-0.2, 0) is 9.53 Å². The molecule has 0 heterocycles. The van der Waals surface area contributed by atoms with Gasteiger partial charge in [-0.1, -0.05) is 85.7 Å². The van der Waals surface area contributed by atoms with Gasteiger partial charge in [0.1, 0.15) is 5.60 Å². The monoisotopic (exact) mass is 390 g/mol. The molecule has 0 fully saturated rings. The van der Waals surface area contributed by atoms with Gasteiger partial charge < -0.3 is 9.84 Å². The Balaban J connectivity index is 3.17. The molecule has 3 nitrogen and oxygen atoms in total. The van der Waals surface area contributed by atoms with E-state index in [9.17, 15) is 9.90 Å². The van der Waals surface area contributed by atoms with Crippen molar-refractivity contribution in [2.45, 2.75) is 99.2 Å². The average Bonchev–Trinajstić information content (AvgIpc) is 2.55. The molecule has 1 aromatic rings. The summed E-state index contributed by atoms with van der Waals surface area (Å²) in [5.74, 6) is -0.0883. The molecule has 2 atom stereocenters. The first-order valence-electron chi connectivity index (χ1n) is 10.7. The van der Waals surface area contributed by atoms with Crippen molar-refractivity contribution in [1.82, 2.24) is 0 Å². The van der Waals surface area contributed by atoms with Gasteiger partial charge >= 0.3 is 5.97 Å². The Morgan fingerprint density at radius 2 is 1.46 bits per heavy atom. The molecule has 3 heteroatoms. The average molecular weight is 391 g/mol. The zero-order chi connectivity index (χ0) is 21.8. The molecule has 0 spiro atoms. The number of carbonyl (C=O) groups excluding carboxylic acids is 1. The molecule has 2 unspecified atom stereocenters. The second-order valence-corrected chi connectivity index (χ2v) is 10.7. The third-order valence-corrected chi connectivity index (χ3v) is 5.92. The minimum absolute atomic E-state index is 0.200. The Morgan fingerprint density at radius 3 is 1.89 bits per heavy atom. The smallest absolute Gasteiger partial charge is 0.313 e. The van der Waals surface area contributed by atoms with Gasteiger partial charge in [-0.05, 0) is 37.7 Å². The lowest BCUT2D eigenvalue weighted by Crippen LogP contribution is -2.57. The third-order valence-electron chi connectivity index (χ3n) is 5.92. The van der Waals surface area contributed by atoms with Crippen molar-refractivity contribution in [2.75, 3.05) is 0 Å². The van der Waals surface area contributed by atoms with E-state index in [-0.39, 0.29) is 28.8 Å². The largest absolute Gasteiger partial charge is 0.457 e. The van der Waals surface area contributed by atoms with Crippen molar-refractivity contribution in [3.05, 3.63) is 35.9 Å². The van der Waals surface area contributed by atoms with Crippen molar-refractivity contribution in [3.8, 4) is 0 Å². The Labute approximate surface area is 172 Å². The van der Waals surface area contributed by atoms with Gasteiger partial charge in [0.05, 0.1) is 12.0 Å². The fourth-order valence-corrected chi connectivity index (χ4v) is 4.40. The van der Waals surface area contributed by atoms with Crippen LogP contribution < -0.4 is 0 Å². The molecule has 1 aromatic carbocycles. The van der Waals surface area contributed by atoms with Gasteiger partial charge in [0.2, 0.25) is 0 Å². The van der Waals surface area contributed by atoms with Crippen LogP contribution in [0.2, 0.25) is 0 Å². The molecule has 0 saturated heterocycles. The lowest BCUT2D eigenvalue weighted by Gasteiger charge is -2.53. The first-order valence-corrected chi connectivity index (χ1v) is 10.7.